The number of hydrogen-bond acceptors (Lipinski definition) is 5. The number of halogens is 1. The van der Waals surface area contributed by atoms with Crippen molar-refractivity contribution >= 4 is 27.6 Å². The Morgan fingerprint density at radius 1 is 1.73 bits per heavy atom. The van der Waals surface area contributed by atoms with Gasteiger partial charge in [0, 0.05) is 10.7 Å². The number of carbonyl (C=O) groups is 1. The van der Waals surface area contributed by atoms with E-state index in [0.29, 0.717) is 0 Å². The highest BCUT2D eigenvalue weighted by atomic mass is 79.9. The molecule has 6 heteroatoms. The molecule has 1 N–H and O–H groups in total. The van der Waals surface area contributed by atoms with Gasteiger partial charge in [-0.15, -0.1) is 0 Å². The number of esters is 1. The summed E-state index contributed by atoms with van der Waals surface area (Å²) in [7, 11) is 0. The molecular weight excluding hydrogens is 264 g/mol. The van der Waals surface area contributed by atoms with Crippen molar-refractivity contribution in [2.24, 2.45) is 5.16 Å². The molecule has 0 saturated heterocycles. The van der Waals surface area contributed by atoms with Crippen LogP contribution in [0.15, 0.2) is 28.0 Å². The van der Waals surface area contributed by atoms with Gasteiger partial charge in [-0.2, -0.15) is 0 Å². The van der Waals surface area contributed by atoms with Gasteiger partial charge in [0.05, 0.1) is 6.61 Å². The summed E-state index contributed by atoms with van der Waals surface area (Å²) in [5, 5.41) is 11.6. The average Bonchev–Trinajstić information content (AvgIpc) is 2.19. The van der Waals surface area contributed by atoms with Crippen LogP contribution in [0, 0.1) is 0 Å². The number of aromatic nitrogens is 1. The van der Waals surface area contributed by atoms with Gasteiger partial charge >= 0.3 is 5.97 Å². The van der Waals surface area contributed by atoms with Gasteiger partial charge in [0.15, 0.2) is 0 Å². The van der Waals surface area contributed by atoms with E-state index >= 15 is 0 Å². The Balaban J connectivity index is 2.99. The van der Waals surface area contributed by atoms with Crippen LogP contribution in [0.3, 0.4) is 0 Å². The van der Waals surface area contributed by atoms with Gasteiger partial charge < -0.3 is 9.94 Å². The van der Waals surface area contributed by atoms with Gasteiger partial charge in [0.25, 0.3) is 0 Å². The fraction of sp³-hybridized carbons (Fsp3) is 0.222. The van der Waals surface area contributed by atoms with E-state index in [4.69, 9.17) is 9.94 Å². The third-order valence-corrected chi connectivity index (χ3v) is 2.03. The smallest absolute Gasteiger partial charge is 0.362 e. The molecule has 0 saturated carbocycles. The third kappa shape index (κ3) is 3.02. The van der Waals surface area contributed by atoms with Crippen molar-refractivity contribution in [1.82, 2.24) is 4.98 Å². The Hall–Kier alpha value is -1.43. The minimum Gasteiger partial charge on any atom is -0.461 e. The number of pyridine rings is 1. The van der Waals surface area contributed by atoms with Crippen molar-refractivity contribution in [3.05, 3.63) is 28.5 Å². The molecule has 0 unspecified atom stereocenters. The fourth-order valence-electron chi connectivity index (χ4n) is 0.930. The third-order valence-electron chi connectivity index (χ3n) is 1.53. The van der Waals surface area contributed by atoms with Crippen molar-refractivity contribution in [2.45, 2.75) is 6.92 Å². The van der Waals surface area contributed by atoms with Gasteiger partial charge in [0.2, 0.25) is 5.71 Å². The van der Waals surface area contributed by atoms with Crippen LogP contribution in [-0.4, -0.2) is 28.5 Å². The van der Waals surface area contributed by atoms with Crippen molar-refractivity contribution in [2.75, 3.05) is 6.61 Å². The molecule has 0 fully saturated rings. The summed E-state index contributed by atoms with van der Waals surface area (Å²) in [6.45, 7) is 1.88. The molecule has 1 heterocycles. The molecule has 1 rings (SSSR count). The van der Waals surface area contributed by atoms with E-state index in [1.807, 2.05) is 0 Å². The van der Waals surface area contributed by atoms with Crippen LogP contribution in [0.4, 0.5) is 0 Å². The predicted molar refractivity (Wildman–Crippen MR) is 56.9 cm³/mol. The lowest BCUT2D eigenvalue weighted by Crippen LogP contribution is -2.19. The quantitative estimate of drug-likeness (QED) is 0.393. The molecule has 0 aliphatic heterocycles. The average molecular weight is 273 g/mol. The minimum atomic E-state index is -0.703. The molecule has 0 aromatic carbocycles. The van der Waals surface area contributed by atoms with Crippen LogP contribution in [0.1, 0.15) is 12.6 Å². The predicted octanol–water partition coefficient (Wildman–Crippen LogP) is 1.59. The monoisotopic (exact) mass is 272 g/mol. The first-order valence-electron chi connectivity index (χ1n) is 4.20. The first kappa shape index (κ1) is 11.6. The van der Waals surface area contributed by atoms with Crippen LogP contribution in [0.5, 0.6) is 0 Å². The molecule has 0 aliphatic carbocycles. The fourth-order valence-corrected chi connectivity index (χ4v) is 1.27. The maximum Gasteiger partial charge on any atom is 0.362 e. The van der Waals surface area contributed by atoms with Gasteiger partial charge in [-0.25, -0.2) is 4.79 Å². The summed E-state index contributed by atoms with van der Waals surface area (Å²) in [5.41, 5.74) is 0.0449. The lowest BCUT2D eigenvalue weighted by Gasteiger charge is -2.03. The van der Waals surface area contributed by atoms with E-state index in [0.717, 1.165) is 4.47 Å². The number of rotatable bonds is 3. The van der Waals surface area contributed by atoms with Crippen LogP contribution < -0.4 is 0 Å². The molecule has 1 aromatic heterocycles. The number of hydrogen-bond donors (Lipinski definition) is 1. The van der Waals surface area contributed by atoms with E-state index in [1.165, 1.54) is 6.20 Å². The Bertz CT molecular complexity index is 393. The first-order chi connectivity index (χ1) is 7.19. The molecule has 1 aromatic rings. The second-order valence-corrected chi connectivity index (χ2v) is 3.44. The zero-order chi connectivity index (χ0) is 11.3. The standard InChI is InChI=1S/C9H9BrN2O3/c1-2-15-9(13)8(12-14)7-5-6(10)3-4-11-7/h3-5,14H,2H2,1H3/b12-8+. The molecule has 0 bridgehead atoms. The van der Waals surface area contributed by atoms with Crippen LogP contribution in [0.2, 0.25) is 0 Å². The maximum absolute atomic E-state index is 11.3. The lowest BCUT2D eigenvalue weighted by molar-refractivity contribution is -0.135. The summed E-state index contributed by atoms with van der Waals surface area (Å²) in [4.78, 5) is 15.2. The Morgan fingerprint density at radius 3 is 3.00 bits per heavy atom. The second-order valence-electron chi connectivity index (χ2n) is 2.53. The molecular formula is C9H9BrN2O3. The zero-order valence-electron chi connectivity index (χ0n) is 7.98. The highest BCUT2D eigenvalue weighted by Crippen LogP contribution is 2.10. The van der Waals surface area contributed by atoms with Crippen molar-refractivity contribution in [3.63, 3.8) is 0 Å². The molecule has 80 valence electrons. The number of ether oxygens (including phenoxy) is 1. The van der Waals surface area contributed by atoms with Gasteiger partial charge in [-0.1, -0.05) is 21.1 Å². The van der Waals surface area contributed by atoms with Crippen LogP contribution in [0.25, 0.3) is 0 Å². The normalized spacial score (nSPS) is 11.2. The number of oxime groups is 1. The van der Waals surface area contributed by atoms with E-state index in [2.05, 4.69) is 26.1 Å². The Labute approximate surface area is 94.9 Å². The van der Waals surface area contributed by atoms with E-state index in [1.54, 1.807) is 19.1 Å². The molecule has 15 heavy (non-hydrogen) atoms. The molecule has 0 aliphatic rings. The van der Waals surface area contributed by atoms with Gasteiger partial charge in [0.1, 0.15) is 5.69 Å². The highest BCUT2D eigenvalue weighted by molar-refractivity contribution is 9.10. The summed E-state index contributed by atoms with van der Waals surface area (Å²) < 4.78 is 5.44. The maximum atomic E-state index is 11.3. The molecule has 0 amide bonds. The molecule has 0 spiro atoms. The molecule has 0 atom stereocenters. The van der Waals surface area contributed by atoms with E-state index in [9.17, 15) is 4.79 Å². The first-order valence-corrected chi connectivity index (χ1v) is 4.99. The summed E-state index contributed by atoms with van der Waals surface area (Å²) in [6.07, 6.45) is 1.49. The molecule has 0 radical (unpaired) electrons. The van der Waals surface area contributed by atoms with Crippen LogP contribution >= 0.6 is 15.9 Å². The number of carbonyl (C=O) groups excluding carboxylic acids is 1. The van der Waals surface area contributed by atoms with Gasteiger partial charge in [-0.05, 0) is 19.1 Å². The van der Waals surface area contributed by atoms with Crippen molar-refractivity contribution in [1.29, 1.82) is 0 Å². The minimum absolute atomic E-state index is 0.210. The SMILES string of the molecule is CCOC(=O)/C(=N/O)c1cc(Br)ccn1. The summed E-state index contributed by atoms with van der Waals surface area (Å²) >= 11 is 3.22. The Morgan fingerprint density at radius 2 is 2.47 bits per heavy atom. The summed E-state index contributed by atoms with van der Waals surface area (Å²) in [6, 6.07) is 3.26. The second kappa shape index (κ2) is 5.45. The van der Waals surface area contributed by atoms with Gasteiger partial charge in [-0.3, -0.25) is 4.98 Å². The van der Waals surface area contributed by atoms with Crippen molar-refractivity contribution in [3.8, 4) is 0 Å². The molecule has 5 nitrogen and oxygen atoms in total. The Kier molecular flexibility index (Phi) is 4.23. The topological polar surface area (TPSA) is 71.8 Å². The van der Waals surface area contributed by atoms with Crippen molar-refractivity contribution < 1.29 is 14.7 Å². The number of nitrogens with zero attached hydrogens (tertiary/aromatic N) is 2. The highest BCUT2D eigenvalue weighted by Gasteiger charge is 2.17. The zero-order valence-corrected chi connectivity index (χ0v) is 9.56. The summed E-state index contributed by atoms with van der Waals surface area (Å²) in [5.74, 6) is -0.703. The van der Waals surface area contributed by atoms with E-state index < -0.39 is 5.97 Å². The van der Waals surface area contributed by atoms with Crippen LogP contribution in [-0.2, 0) is 9.53 Å². The lowest BCUT2D eigenvalue weighted by atomic mass is 10.2. The largest absolute Gasteiger partial charge is 0.461 e. The van der Waals surface area contributed by atoms with E-state index in [-0.39, 0.29) is 18.0 Å².